The number of hydrogen-bond acceptors (Lipinski definition) is 4. The van der Waals surface area contributed by atoms with E-state index in [1.54, 1.807) is 39.2 Å². The molecule has 2 heterocycles. The van der Waals surface area contributed by atoms with E-state index in [2.05, 4.69) is 0 Å². The number of anilines is 1. The maximum atomic E-state index is 12.8. The lowest BCUT2D eigenvalue weighted by Gasteiger charge is -2.26. The molecule has 0 saturated carbocycles. The normalized spacial score (nSPS) is 21.5. The third-order valence-electron chi connectivity index (χ3n) is 4.64. The topological polar surface area (TPSA) is 57.7 Å². The Morgan fingerprint density at radius 2 is 1.87 bits per heavy atom. The Kier molecular flexibility index (Phi) is 4.23. The molecule has 0 bridgehead atoms. The molecule has 23 heavy (non-hydrogen) atoms. The average Bonchev–Trinajstić information content (AvgIpc) is 2.74. The number of nitrogens with zero attached hydrogens (tertiary/aromatic N) is 2. The van der Waals surface area contributed by atoms with Crippen molar-refractivity contribution in [1.29, 1.82) is 0 Å². The number of benzene rings is 1. The SMILES string of the molecule is CCN1C(=O)C(C)(C)c2cc(S(=O)(=O)N3CCSCC3)ccc21. The molecule has 7 heteroatoms. The highest BCUT2D eigenvalue weighted by Gasteiger charge is 2.44. The lowest BCUT2D eigenvalue weighted by molar-refractivity contribution is -0.122. The number of sulfonamides is 1. The van der Waals surface area contributed by atoms with Crippen molar-refractivity contribution in [2.75, 3.05) is 36.0 Å². The van der Waals surface area contributed by atoms with Crippen molar-refractivity contribution in [2.24, 2.45) is 0 Å². The van der Waals surface area contributed by atoms with Crippen molar-refractivity contribution in [2.45, 2.75) is 31.1 Å². The largest absolute Gasteiger partial charge is 0.312 e. The summed E-state index contributed by atoms with van der Waals surface area (Å²) < 4.78 is 27.2. The van der Waals surface area contributed by atoms with Gasteiger partial charge in [-0.25, -0.2) is 8.42 Å². The van der Waals surface area contributed by atoms with E-state index < -0.39 is 15.4 Å². The zero-order chi connectivity index (χ0) is 16.8. The molecule has 5 nitrogen and oxygen atoms in total. The Morgan fingerprint density at radius 1 is 1.22 bits per heavy atom. The third kappa shape index (κ3) is 2.58. The second-order valence-electron chi connectivity index (χ2n) is 6.37. The lowest BCUT2D eigenvalue weighted by atomic mass is 9.86. The van der Waals surface area contributed by atoms with Crippen LogP contribution < -0.4 is 4.90 Å². The van der Waals surface area contributed by atoms with Gasteiger partial charge in [-0.3, -0.25) is 4.79 Å². The van der Waals surface area contributed by atoms with Gasteiger partial charge in [0.25, 0.3) is 0 Å². The first-order valence-corrected chi connectivity index (χ1v) is 10.4. The molecule has 1 saturated heterocycles. The molecule has 0 spiro atoms. The molecule has 3 rings (SSSR count). The van der Waals surface area contributed by atoms with Gasteiger partial charge in [0.2, 0.25) is 15.9 Å². The number of likely N-dealkylation sites (N-methyl/N-ethyl adjacent to an activating group) is 1. The number of rotatable bonds is 3. The second-order valence-corrected chi connectivity index (χ2v) is 9.53. The van der Waals surface area contributed by atoms with E-state index in [1.165, 1.54) is 0 Å². The second kappa shape index (κ2) is 5.79. The number of carbonyl (C=O) groups is 1. The van der Waals surface area contributed by atoms with Crippen molar-refractivity contribution < 1.29 is 13.2 Å². The van der Waals surface area contributed by atoms with Crippen LogP contribution in [0.15, 0.2) is 23.1 Å². The van der Waals surface area contributed by atoms with Crippen LogP contribution >= 0.6 is 11.8 Å². The van der Waals surface area contributed by atoms with Gasteiger partial charge in [0, 0.05) is 36.8 Å². The monoisotopic (exact) mass is 354 g/mol. The van der Waals surface area contributed by atoms with Gasteiger partial charge >= 0.3 is 0 Å². The van der Waals surface area contributed by atoms with Crippen molar-refractivity contribution in [3.05, 3.63) is 23.8 Å². The zero-order valence-electron chi connectivity index (χ0n) is 13.7. The molecule has 0 N–H and O–H groups in total. The molecular formula is C16H22N2O3S2. The van der Waals surface area contributed by atoms with Crippen LogP contribution in [-0.2, 0) is 20.2 Å². The van der Waals surface area contributed by atoms with Crippen LogP contribution in [0.1, 0.15) is 26.3 Å². The zero-order valence-corrected chi connectivity index (χ0v) is 15.3. The lowest BCUT2D eigenvalue weighted by Crippen LogP contribution is -2.38. The van der Waals surface area contributed by atoms with Crippen molar-refractivity contribution in [1.82, 2.24) is 4.31 Å². The Labute approximate surface area is 142 Å². The van der Waals surface area contributed by atoms with Gasteiger partial charge in [0.05, 0.1) is 10.3 Å². The highest BCUT2D eigenvalue weighted by molar-refractivity contribution is 7.99. The standard InChI is InChI=1S/C16H22N2O3S2/c1-4-18-14-6-5-12(11-13(14)16(2,3)15(18)19)23(20,21)17-7-9-22-10-8-17/h5-6,11H,4,7-10H2,1-3H3. The Hall–Kier alpha value is -1.05. The summed E-state index contributed by atoms with van der Waals surface area (Å²) in [6, 6.07) is 5.10. The minimum Gasteiger partial charge on any atom is -0.312 e. The first kappa shape index (κ1) is 16.8. The number of thioether (sulfide) groups is 1. The number of hydrogen-bond donors (Lipinski definition) is 0. The molecule has 0 unspecified atom stereocenters. The van der Waals surface area contributed by atoms with Crippen molar-refractivity contribution in [3.63, 3.8) is 0 Å². The van der Waals surface area contributed by atoms with E-state index in [0.29, 0.717) is 24.5 Å². The molecule has 0 atom stereocenters. The summed E-state index contributed by atoms with van der Waals surface area (Å²) in [5.41, 5.74) is 0.946. The highest BCUT2D eigenvalue weighted by atomic mass is 32.2. The van der Waals surface area contributed by atoms with Crippen LogP contribution in [0.2, 0.25) is 0 Å². The molecule has 0 aromatic heterocycles. The molecular weight excluding hydrogens is 332 g/mol. The molecule has 0 radical (unpaired) electrons. The van der Waals surface area contributed by atoms with Crippen LogP contribution in [0.4, 0.5) is 5.69 Å². The van der Waals surface area contributed by atoms with Gasteiger partial charge in [-0.2, -0.15) is 16.1 Å². The van der Waals surface area contributed by atoms with Crippen molar-refractivity contribution in [3.8, 4) is 0 Å². The summed E-state index contributed by atoms with van der Waals surface area (Å²) in [4.78, 5) is 14.6. The van der Waals surface area contributed by atoms with E-state index in [-0.39, 0.29) is 5.91 Å². The molecule has 1 aromatic carbocycles. The molecule has 1 fully saturated rings. The smallest absolute Gasteiger partial charge is 0.243 e. The summed E-state index contributed by atoms with van der Waals surface area (Å²) >= 11 is 1.78. The molecule has 1 amide bonds. The summed E-state index contributed by atoms with van der Waals surface area (Å²) in [7, 11) is -3.49. The van der Waals surface area contributed by atoms with E-state index in [1.807, 2.05) is 20.8 Å². The van der Waals surface area contributed by atoms with Gasteiger partial charge in [-0.1, -0.05) is 0 Å². The summed E-state index contributed by atoms with van der Waals surface area (Å²) in [6.07, 6.45) is 0. The number of fused-ring (bicyclic) bond motifs is 1. The Balaban J connectivity index is 2.05. The Bertz CT molecular complexity index is 738. The molecule has 1 aromatic rings. The predicted octanol–water partition coefficient (Wildman–Crippen LogP) is 2.07. The summed E-state index contributed by atoms with van der Waals surface area (Å²) in [5, 5.41) is 0. The van der Waals surface area contributed by atoms with E-state index in [4.69, 9.17) is 0 Å². The van der Waals surface area contributed by atoms with Gasteiger partial charge in [0.15, 0.2) is 0 Å². The van der Waals surface area contributed by atoms with E-state index in [9.17, 15) is 13.2 Å². The van der Waals surface area contributed by atoms with E-state index in [0.717, 1.165) is 22.8 Å². The van der Waals surface area contributed by atoms with Crippen LogP contribution in [0.5, 0.6) is 0 Å². The van der Waals surface area contributed by atoms with Gasteiger partial charge < -0.3 is 4.90 Å². The minimum atomic E-state index is -3.49. The fourth-order valence-corrected chi connectivity index (χ4v) is 5.83. The average molecular weight is 354 g/mol. The van der Waals surface area contributed by atoms with Gasteiger partial charge in [-0.15, -0.1) is 0 Å². The van der Waals surface area contributed by atoms with E-state index >= 15 is 0 Å². The number of amides is 1. The predicted molar refractivity (Wildman–Crippen MR) is 93.6 cm³/mol. The van der Waals surface area contributed by atoms with Crippen LogP contribution in [0.3, 0.4) is 0 Å². The summed E-state index contributed by atoms with van der Waals surface area (Å²) in [6.45, 7) is 7.33. The van der Waals surface area contributed by atoms with Gasteiger partial charge in [-0.05, 0) is 44.5 Å². The Morgan fingerprint density at radius 3 is 2.48 bits per heavy atom. The highest BCUT2D eigenvalue weighted by Crippen LogP contribution is 2.42. The maximum absolute atomic E-state index is 12.8. The van der Waals surface area contributed by atoms with Crippen LogP contribution in [0, 0.1) is 0 Å². The quantitative estimate of drug-likeness (QED) is 0.834. The minimum absolute atomic E-state index is 0.0268. The first-order valence-electron chi connectivity index (χ1n) is 7.84. The summed E-state index contributed by atoms with van der Waals surface area (Å²) in [5.74, 6) is 1.69. The van der Waals surface area contributed by atoms with Gasteiger partial charge in [0.1, 0.15) is 0 Å². The molecule has 126 valence electrons. The van der Waals surface area contributed by atoms with Crippen molar-refractivity contribution >= 4 is 33.4 Å². The third-order valence-corrected chi connectivity index (χ3v) is 7.47. The molecule has 0 aliphatic carbocycles. The fourth-order valence-electron chi connectivity index (χ4n) is 3.22. The maximum Gasteiger partial charge on any atom is 0.243 e. The molecule has 2 aliphatic heterocycles. The molecule has 2 aliphatic rings. The fraction of sp³-hybridized carbons (Fsp3) is 0.562. The number of carbonyl (C=O) groups excluding carboxylic acids is 1. The van der Waals surface area contributed by atoms with Crippen LogP contribution in [0.25, 0.3) is 0 Å². The van der Waals surface area contributed by atoms with Crippen LogP contribution in [-0.4, -0.2) is 49.8 Å². The first-order chi connectivity index (χ1) is 10.8.